The maximum atomic E-state index is 13.0. The summed E-state index contributed by atoms with van der Waals surface area (Å²) < 4.78 is 7.43. The van der Waals surface area contributed by atoms with E-state index in [1.807, 2.05) is 35.2 Å². The number of ether oxygens (including phenoxy) is 1. The number of esters is 1. The van der Waals surface area contributed by atoms with Gasteiger partial charge < -0.3 is 15.4 Å². The molecule has 4 rings (SSSR count). The number of carbonyl (C=O) groups excluding carboxylic acids is 2. The van der Waals surface area contributed by atoms with Gasteiger partial charge in [-0.1, -0.05) is 30.3 Å². The number of aromatic nitrogens is 4. The van der Waals surface area contributed by atoms with Crippen LogP contribution >= 0.6 is 0 Å². The SMILES string of the molecule is CCn1c(=O)c(C(=O)COC(=O)C2CCN(c3ncccn3)CC2)c(N)n(Cc2ccccc2)c1=O. The molecule has 2 N–H and O–H groups in total. The van der Waals surface area contributed by atoms with E-state index in [0.29, 0.717) is 31.9 Å². The standard InChI is InChI=1S/C25H28N6O5/c1-2-30-22(33)20(21(26)31(25(30)35)15-17-7-4-3-5-8-17)19(32)16-36-23(34)18-9-13-29(14-10-18)24-27-11-6-12-28-24/h3-8,11-12,18H,2,9-10,13-16,26H2,1H3. The molecule has 36 heavy (non-hydrogen) atoms. The van der Waals surface area contributed by atoms with Crippen molar-refractivity contribution >= 4 is 23.5 Å². The van der Waals surface area contributed by atoms with Gasteiger partial charge in [0.15, 0.2) is 6.61 Å². The zero-order chi connectivity index (χ0) is 25.7. The highest BCUT2D eigenvalue weighted by Gasteiger charge is 2.29. The number of hydrogen-bond donors (Lipinski definition) is 1. The van der Waals surface area contributed by atoms with Crippen molar-refractivity contribution in [1.82, 2.24) is 19.1 Å². The summed E-state index contributed by atoms with van der Waals surface area (Å²) in [4.78, 5) is 61.8. The highest BCUT2D eigenvalue weighted by Crippen LogP contribution is 2.21. The molecule has 0 aliphatic carbocycles. The number of anilines is 2. The Bertz CT molecular complexity index is 1350. The summed E-state index contributed by atoms with van der Waals surface area (Å²) in [5.41, 5.74) is 5.18. The minimum Gasteiger partial charge on any atom is -0.457 e. The first kappa shape index (κ1) is 24.8. The van der Waals surface area contributed by atoms with Gasteiger partial charge >= 0.3 is 11.7 Å². The molecule has 11 nitrogen and oxygen atoms in total. The number of nitrogens with two attached hydrogens (primary N) is 1. The van der Waals surface area contributed by atoms with Gasteiger partial charge in [-0.15, -0.1) is 0 Å². The van der Waals surface area contributed by atoms with Crippen molar-refractivity contribution in [3.05, 3.63) is 80.8 Å². The van der Waals surface area contributed by atoms with E-state index in [-0.39, 0.29) is 30.4 Å². The molecule has 1 fully saturated rings. The van der Waals surface area contributed by atoms with E-state index in [4.69, 9.17) is 10.5 Å². The van der Waals surface area contributed by atoms with E-state index >= 15 is 0 Å². The topological polar surface area (TPSA) is 142 Å². The molecular weight excluding hydrogens is 464 g/mol. The van der Waals surface area contributed by atoms with Gasteiger partial charge in [-0.3, -0.25) is 23.5 Å². The molecule has 3 aromatic rings. The summed E-state index contributed by atoms with van der Waals surface area (Å²) in [7, 11) is 0. The van der Waals surface area contributed by atoms with Crippen LogP contribution in [0.25, 0.3) is 0 Å². The molecule has 1 saturated heterocycles. The first-order valence-electron chi connectivity index (χ1n) is 11.8. The highest BCUT2D eigenvalue weighted by atomic mass is 16.5. The largest absolute Gasteiger partial charge is 0.457 e. The molecule has 3 heterocycles. The molecule has 0 bridgehead atoms. The van der Waals surface area contributed by atoms with Crippen LogP contribution in [-0.4, -0.2) is 50.6 Å². The Morgan fingerprint density at radius 3 is 2.33 bits per heavy atom. The number of Topliss-reactive ketones (excluding diaryl/α,β-unsaturated/α-hetero) is 1. The monoisotopic (exact) mass is 492 g/mol. The fraction of sp³-hybridized carbons (Fsp3) is 0.360. The van der Waals surface area contributed by atoms with E-state index in [1.165, 1.54) is 4.57 Å². The molecule has 11 heteroatoms. The first-order valence-corrected chi connectivity index (χ1v) is 11.8. The Kier molecular flexibility index (Phi) is 7.57. The van der Waals surface area contributed by atoms with Crippen LogP contribution in [0.3, 0.4) is 0 Å². The summed E-state index contributed by atoms with van der Waals surface area (Å²) >= 11 is 0. The predicted octanol–water partition coefficient (Wildman–Crippen LogP) is 1.09. The number of carbonyl (C=O) groups is 2. The van der Waals surface area contributed by atoms with Gasteiger partial charge in [-0.2, -0.15) is 0 Å². The van der Waals surface area contributed by atoms with Crippen LogP contribution in [0.15, 0.2) is 58.4 Å². The van der Waals surface area contributed by atoms with Gasteiger partial charge in [0.25, 0.3) is 5.56 Å². The van der Waals surface area contributed by atoms with Crippen molar-refractivity contribution in [1.29, 1.82) is 0 Å². The van der Waals surface area contributed by atoms with Gasteiger partial charge in [0.05, 0.1) is 12.5 Å². The molecule has 1 aliphatic heterocycles. The third-order valence-electron chi connectivity index (χ3n) is 6.26. The van der Waals surface area contributed by atoms with E-state index in [9.17, 15) is 19.2 Å². The highest BCUT2D eigenvalue weighted by molar-refractivity contribution is 6.01. The third-order valence-corrected chi connectivity index (χ3v) is 6.26. The van der Waals surface area contributed by atoms with Crippen molar-refractivity contribution in [2.75, 3.05) is 30.3 Å². The van der Waals surface area contributed by atoms with Crippen LogP contribution < -0.4 is 21.9 Å². The summed E-state index contributed by atoms with van der Waals surface area (Å²) in [6.45, 7) is 2.32. The number of ketones is 1. The quantitative estimate of drug-likeness (QED) is 0.361. The normalized spacial score (nSPS) is 14.0. The van der Waals surface area contributed by atoms with Crippen LogP contribution in [0.2, 0.25) is 0 Å². The maximum absolute atomic E-state index is 13.0. The van der Waals surface area contributed by atoms with E-state index in [0.717, 1.165) is 10.1 Å². The zero-order valence-corrected chi connectivity index (χ0v) is 20.0. The average Bonchev–Trinajstić information content (AvgIpc) is 2.91. The molecule has 0 saturated carbocycles. The lowest BCUT2D eigenvalue weighted by Gasteiger charge is -2.30. The van der Waals surface area contributed by atoms with Crippen molar-refractivity contribution in [3.63, 3.8) is 0 Å². The van der Waals surface area contributed by atoms with Crippen molar-refractivity contribution in [3.8, 4) is 0 Å². The number of nitrogens with zero attached hydrogens (tertiary/aromatic N) is 5. The summed E-state index contributed by atoms with van der Waals surface area (Å²) in [6, 6.07) is 10.8. The molecular formula is C25H28N6O5. The van der Waals surface area contributed by atoms with Gasteiger partial charge in [0.1, 0.15) is 11.4 Å². The number of rotatable bonds is 8. The first-order chi connectivity index (χ1) is 17.4. The van der Waals surface area contributed by atoms with Crippen LogP contribution in [0.5, 0.6) is 0 Å². The second kappa shape index (κ2) is 11.0. The lowest BCUT2D eigenvalue weighted by atomic mass is 9.97. The molecule has 1 aliphatic rings. The smallest absolute Gasteiger partial charge is 0.332 e. The van der Waals surface area contributed by atoms with E-state index in [2.05, 4.69) is 9.97 Å². The van der Waals surface area contributed by atoms with Crippen LogP contribution in [0, 0.1) is 5.92 Å². The summed E-state index contributed by atoms with van der Waals surface area (Å²) in [6.07, 6.45) is 4.38. The third kappa shape index (κ3) is 5.19. The van der Waals surface area contributed by atoms with Crippen LogP contribution in [0.4, 0.5) is 11.8 Å². The minimum absolute atomic E-state index is 0.0660. The summed E-state index contributed by atoms with van der Waals surface area (Å²) in [5, 5.41) is 0. The fourth-order valence-corrected chi connectivity index (χ4v) is 4.27. The molecule has 0 unspecified atom stereocenters. The number of benzene rings is 1. The van der Waals surface area contributed by atoms with Gasteiger partial charge in [0, 0.05) is 32.0 Å². The van der Waals surface area contributed by atoms with Gasteiger partial charge in [0.2, 0.25) is 11.7 Å². The summed E-state index contributed by atoms with van der Waals surface area (Å²) in [5.74, 6) is -1.27. The molecule has 1 aromatic carbocycles. The van der Waals surface area contributed by atoms with Crippen molar-refractivity contribution in [2.24, 2.45) is 5.92 Å². The van der Waals surface area contributed by atoms with Gasteiger partial charge in [-0.25, -0.2) is 14.8 Å². The Balaban J connectivity index is 1.46. The minimum atomic E-state index is -0.790. The molecule has 0 amide bonds. The maximum Gasteiger partial charge on any atom is 0.332 e. The fourth-order valence-electron chi connectivity index (χ4n) is 4.27. The Labute approximate surface area is 207 Å². The molecule has 0 radical (unpaired) electrons. The zero-order valence-electron chi connectivity index (χ0n) is 20.0. The number of nitrogen functional groups attached to an aromatic ring is 1. The van der Waals surface area contributed by atoms with E-state index < -0.39 is 29.6 Å². The number of hydrogen-bond acceptors (Lipinski definition) is 9. The molecule has 0 spiro atoms. The Morgan fingerprint density at radius 1 is 1.03 bits per heavy atom. The molecule has 2 aromatic heterocycles. The van der Waals surface area contributed by atoms with Crippen molar-refractivity contribution < 1.29 is 14.3 Å². The van der Waals surface area contributed by atoms with Gasteiger partial charge in [-0.05, 0) is 31.4 Å². The van der Waals surface area contributed by atoms with Crippen LogP contribution in [-0.2, 0) is 22.6 Å². The molecule has 0 atom stereocenters. The van der Waals surface area contributed by atoms with Crippen LogP contribution in [0.1, 0.15) is 35.7 Å². The van der Waals surface area contributed by atoms with Crippen molar-refractivity contribution in [2.45, 2.75) is 32.9 Å². The number of piperidine rings is 1. The second-order valence-electron chi connectivity index (χ2n) is 8.50. The average molecular weight is 493 g/mol. The Hall–Kier alpha value is -4.28. The van der Waals surface area contributed by atoms with E-state index in [1.54, 1.807) is 25.4 Å². The predicted molar refractivity (Wildman–Crippen MR) is 133 cm³/mol. The molecule has 188 valence electrons. The lowest BCUT2D eigenvalue weighted by Crippen LogP contribution is -2.44. The lowest BCUT2D eigenvalue weighted by molar-refractivity contribution is -0.148. The Morgan fingerprint density at radius 2 is 1.69 bits per heavy atom. The second-order valence-corrected chi connectivity index (χ2v) is 8.50.